The van der Waals surface area contributed by atoms with Crippen LogP contribution in [0.5, 0.6) is 0 Å². The minimum atomic E-state index is 0.0709. The largest absolute Gasteiger partial charge is 0.337 e. The van der Waals surface area contributed by atoms with Crippen molar-refractivity contribution < 1.29 is 4.79 Å². The number of likely N-dealkylation sites (tertiary alicyclic amines) is 1. The monoisotopic (exact) mass is 305 g/mol. The first-order chi connectivity index (χ1) is 11.1. The number of rotatable bonds is 3. The Kier molecular flexibility index (Phi) is 4.14. The van der Waals surface area contributed by atoms with Gasteiger partial charge in [-0.1, -0.05) is 18.2 Å². The minimum Gasteiger partial charge on any atom is -0.337 e. The summed E-state index contributed by atoms with van der Waals surface area (Å²) in [6, 6.07) is 15.4. The summed E-state index contributed by atoms with van der Waals surface area (Å²) in [5.41, 5.74) is 10.4. The summed E-state index contributed by atoms with van der Waals surface area (Å²) >= 11 is 0. The van der Waals surface area contributed by atoms with Gasteiger partial charge in [0.15, 0.2) is 0 Å². The second kappa shape index (κ2) is 6.23. The zero-order chi connectivity index (χ0) is 16.4. The molecule has 4 nitrogen and oxygen atoms in total. The number of carbonyl (C=O) groups is 1. The van der Waals surface area contributed by atoms with Crippen molar-refractivity contribution in [2.75, 3.05) is 13.1 Å². The molecule has 3 rings (SSSR count). The van der Waals surface area contributed by atoms with Gasteiger partial charge in [-0.05, 0) is 47.9 Å². The summed E-state index contributed by atoms with van der Waals surface area (Å²) in [4.78, 5) is 14.4. The van der Waals surface area contributed by atoms with Crippen LogP contribution in [0.25, 0.3) is 0 Å². The summed E-state index contributed by atoms with van der Waals surface area (Å²) in [5, 5.41) is 8.83. The van der Waals surface area contributed by atoms with E-state index in [1.54, 1.807) is 0 Å². The molecule has 1 heterocycles. The lowest BCUT2D eigenvalue weighted by Crippen LogP contribution is -2.48. The van der Waals surface area contributed by atoms with Crippen LogP contribution in [0.15, 0.2) is 42.5 Å². The molecule has 116 valence electrons. The molecular weight excluding hydrogens is 286 g/mol. The molecule has 0 radical (unpaired) electrons. The van der Waals surface area contributed by atoms with E-state index >= 15 is 0 Å². The molecule has 0 aromatic heterocycles. The van der Waals surface area contributed by atoms with Gasteiger partial charge in [-0.3, -0.25) is 4.79 Å². The van der Waals surface area contributed by atoms with Crippen molar-refractivity contribution in [3.8, 4) is 6.07 Å². The van der Waals surface area contributed by atoms with Crippen molar-refractivity contribution in [2.45, 2.75) is 19.4 Å². The van der Waals surface area contributed by atoms with Crippen LogP contribution in [-0.2, 0) is 6.54 Å². The Bertz CT molecular complexity index is 768. The van der Waals surface area contributed by atoms with Gasteiger partial charge in [-0.2, -0.15) is 5.26 Å². The smallest absolute Gasteiger partial charge is 0.253 e. The van der Waals surface area contributed by atoms with E-state index in [2.05, 4.69) is 6.07 Å². The second-order valence-corrected chi connectivity index (χ2v) is 5.99. The van der Waals surface area contributed by atoms with E-state index in [0.29, 0.717) is 18.0 Å². The number of benzene rings is 2. The van der Waals surface area contributed by atoms with Crippen LogP contribution in [-0.4, -0.2) is 23.9 Å². The maximum atomic E-state index is 12.5. The van der Waals surface area contributed by atoms with Crippen LogP contribution in [0.4, 0.5) is 0 Å². The van der Waals surface area contributed by atoms with Crippen LogP contribution in [0.3, 0.4) is 0 Å². The lowest BCUT2D eigenvalue weighted by atomic mass is 9.90. The molecule has 1 saturated heterocycles. The Morgan fingerprint density at radius 2 is 1.96 bits per heavy atom. The average Bonchev–Trinajstić information content (AvgIpc) is 2.54. The molecule has 0 saturated carbocycles. The molecule has 23 heavy (non-hydrogen) atoms. The highest BCUT2D eigenvalue weighted by molar-refractivity contribution is 5.95. The Labute approximate surface area is 136 Å². The van der Waals surface area contributed by atoms with Crippen molar-refractivity contribution in [3.63, 3.8) is 0 Å². The maximum absolute atomic E-state index is 12.5. The quantitative estimate of drug-likeness (QED) is 0.947. The molecule has 4 heteroatoms. The maximum Gasteiger partial charge on any atom is 0.253 e. The molecule has 0 spiro atoms. The molecular formula is C19H19N3O. The predicted octanol–water partition coefficient (Wildman–Crippen LogP) is 2.57. The standard InChI is InChI=1S/C19H19N3O/c1-13-8-16(6-7-17(13)10-21)19(23)22-11-18(12-22)15-4-2-14(9-20)3-5-15/h2-8,18H,10-12,21H2,1H3. The lowest BCUT2D eigenvalue weighted by Gasteiger charge is -2.39. The topological polar surface area (TPSA) is 70.1 Å². The van der Waals surface area contributed by atoms with Crippen molar-refractivity contribution in [3.05, 3.63) is 70.3 Å². The van der Waals surface area contributed by atoms with Gasteiger partial charge in [-0.25, -0.2) is 0 Å². The summed E-state index contributed by atoms with van der Waals surface area (Å²) in [5.74, 6) is 0.428. The number of carbonyl (C=O) groups excluding carboxylic acids is 1. The zero-order valence-corrected chi connectivity index (χ0v) is 13.1. The summed E-state index contributed by atoms with van der Waals surface area (Å²) in [7, 11) is 0. The molecule has 1 amide bonds. The van der Waals surface area contributed by atoms with Crippen LogP contribution >= 0.6 is 0 Å². The van der Waals surface area contributed by atoms with Gasteiger partial charge in [0.1, 0.15) is 0 Å². The van der Waals surface area contributed by atoms with Gasteiger partial charge < -0.3 is 10.6 Å². The van der Waals surface area contributed by atoms with E-state index < -0.39 is 0 Å². The fourth-order valence-corrected chi connectivity index (χ4v) is 2.93. The van der Waals surface area contributed by atoms with E-state index in [9.17, 15) is 4.79 Å². The highest BCUT2D eigenvalue weighted by Crippen LogP contribution is 2.28. The Hall–Kier alpha value is -2.64. The fourth-order valence-electron chi connectivity index (χ4n) is 2.93. The number of nitriles is 1. The first-order valence-corrected chi connectivity index (χ1v) is 7.71. The van der Waals surface area contributed by atoms with E-state index in [4.69, 9.17) is 11.0 Å². The molecule has 0 atom stereocenters. The molecule has 1 aliphatic rings. The molecule has 1 fully saturated rings. The molecule has 1 aliphatic heterocycles. The van der Waals surface area contributed by atoms with Crippen molar-refractivity contribution in [1.82, 2.24) is 4.90 Å². The lowest BCUT2D eigenvalue weighted by molar-refractivity contribution is 0.0602. The normalized spacial score (nSPS) is 14.2. The number of hydrogen-bond acceptors (Lipinski definition) is 3. The minimum absolute atomic E-state index is 0.0709. The zero-order valence-electron chi connectivity index (χ0n) is 13.1. The van der Waals surface area contributed by atoms with Crippen LogP contribution in [0.2, 0.25) is 0 Å². The molecule has 2 N–H and O–H groups in total. The average molecular weight is 305 g/mol. The molecule has 2 aromatic rings. The third kappa shape index (κ3) is 2.96. The van der Waals surface area contributed by atoms with Crippen LogP contribution in [0, 0.1) is 18.3 Å². The second-order valence-electron chi connectivity index (χ2n) is 5.99. The molecule has 0 unspecified atom stereocenters. The fraction of sp³-hybridized carbons (Fsp3) is 0.263. The Balaban J connectivity index is 1.65. The first-order valence-electron chi connectivity index (χ1n) is 7.71. The Morgan fingerprint density at radius 1 is 1.26 bits per heavy atom. The van der Waals surface area contributed by atoms with Gasteiger partial charge in [0, 0.05) is 31.1 Å². The molecule has 0 bridgehead atoms. The Morgan fingerprint density at radius 3 is 2.52 bits per heavy atom. The van der Waals surface area contributed by atoms with Crippen molar-refractivity contribution >= 4 is 5.91 Å². The third-order valence-electron chi connectivity index (χ3n) is 4.49. The number of hydrogen-bond donors (Lipinski definition) is 1. The highest BCUT2D eigenvalue weighted by atomic mass is 16.2. The van der Waals surface area contributed by atoms with Gasteiger partial charge in [0.2, 0.25) is 0 Å². The molecule has 0 aliphatic carbocycles. The summed E-state index contributed by atoms with van der Waals surface area (Å²) in [6.07, 6.45) is 0. The van der Waals surface area contributed by atoms with E-state index in [-0.39, 0.29) is 5.91 Å². The van der Waals surface area contributed by atoms with Crippen molar-refractivity contribution in [2.24, 2.45) is 5.73 Å². The van der Waals surface area contributed by atoms with E-state index in [0.717, 1.165) is 29.8 Å². The van der Waals surface area contributed by atoms with E-state index in [1.807, 2.05) is 54.3 Å². The van der Waals surface area contributed by atoms with Crippen LogP contribution in [0.1, 0.15) is 38.5 Å². The number of aryl methyl sites for hydroxylation is 1. The SMILES string of the molecule is Cc1cc(C(=O)N2CC(c3ccc(C#N)cc3)C2)ccc1CN. The van der Waals surface area contributed by atoms with Gasteiger partial charge in [0.25, 0.3) is 5.91 Å². The first kappa shape index (κ1) is 15.3. The summed E-state index contributed by atoms with van der Waals surface area (Å²) in [6.45, 7) is 3.92. The predicted molar refractivity (Wildman–Crippen MR) is 88.9 cm³/mol. The highest BCUT2D eigenvalue weighted by Gasteiger charge is 2.32. The van der Waals surface area contributed by atoms with Gasteiger partial charge >= 0.3 is 0 Å². The summed E-state index contributed by atoms with van der Waals surface area (Å²) < 4.78 is 0. The number of amides is 1. The van der Waals surface area contributed by atoms with Gasteiger partial charge in [0.05, 0.1) is 11.6 Å². The third-order valence-corrected chi connectivity index (χ3v) is 4.49. The molecule has 2 aromatic carbocycles. The van der Waals surface area contributed by atoms with Crippen molar-refractivity contribution in [1.29, 1.82) is 5.26 Å². The van der Waals surface area contributed by atoms with E-state index in [1.165, 1.54) is 5.56 Å². The number of nitrogens with zero attached hydrogens (tertiary/aromatic N) is 2. The van der Waals surface area contributed by atoms with Gasteiger partial charge in [-0.15, -0.1) is 0 Å². The van der Waals surface area contributed by atoms with Crippen LogP contribution < -0.4 is 5.73 Å². The number of nitrogens with two attached hydrogens (primary N) is 1.